The Kier molecular flexibility index (Phi) is 6.96. The van der Waals surface area contributed by atoms with Crippen LogP contribution in [-0.4, -0.2) is 52.9 Å². The molecule has 0 aromatic heterocycles. The normalized spacial score (nSPS) is 29.9. The molecule has 0 bridgehead atoms. The minimum atomic E-state index is -0.973. The van der Waals surface area contributed by atoms with E-state index < -0.39 is 30.2 Å². The van der Waals surface area contributed by atoms with Gasteiger partial charge in [0.05, 0.1) is 0 Å². The molecule has 0 aromatic carbocycles. The Bertz CT molecular complexity index is 729. The molecular formula is C23H37N3O5. The Morgan fingerprint density at radius 1 is 1.16 bits per heavy atom. The summed E-state index contributed by atoms with van der Waals surface area (Å²) in [5.41, 5.74) is -1.04. The summed E-state index contributed by atoms with van der Waals surface area (Å²) in [7, 11) is 0. The first-order valence-electron chi connectivity index (χ1n) is 11.7. The average molecular weight is 436 g/mol. The second-order valence-electron chi connectivity index (χ2n) is 10.6. The molecule has 1 spiro atoms. The van der Waals surface area contributed by atoms with E-state index in [1.54, 1.807) is 0 Å². The number of ether oxygens (including phenoxy) is 1. The molecule has 2 aliphatic carbocycles. The van der Waals surface area contributed by atoms with Crippen molar-refractivity contribution in [2.45, 2.75) is 103 Å². The number of hydrogen-bond donors (Lipinski definition) is 2. The lowest BCUT2D eigenvalue weighted by molar-refractivity contribution is -0.157. The lowest BCUT2D eigenvalue weighted by atomic mass is 9.64. The van der Waals surface area contributed by atoms with Gasteiger partial charge in [-0.15, -0.1) is 0 Å². The number of imide groups is 1. The Labute approximate surface area is 184 Å². The molecule has 3 atom stereocenters. The van der Waals surface area contributed by atoms with Gasteiger partial charge in [0.2, 0.25) is 0 Å². The Morgan fingerprint density at radius 2 is 1.81 bits per heavy atom. The number of urea groups is 1. The van der Waals surface area contributed by atoms with Crippen molar-refractivity contribution in [3.05, 3.63) is 0 Å². The van der Waals surface area contributed by atoms with Gasteiger partial charge in [-0.25, -0.2) is 4.79 Å². The van der Waals surface area contributed by atoms with Gasteiger partial charge in [0.25, 0.3) is 11.8 Å². The zero-order valence-electron chi connectivity index (χ0n) is 19.3. The van der Waals surface area contributed by atoms with Crippen molar-refractivity contribution in [2.75, 3.05) is 6.54 Å². The number of hydrogen-bond acceptors (Lipinski definition) is 5. The van der Waals surface area contributed by atoms with Crippen LogP contribution in [0.5, 0.6) is 0 Å². The van der Waals surface area contributed by atoms with Crippen LogP contribution in [0.25, 0.3) is 0 Å². The molecule has 8 nitrogen and oxygen atoms in total. The monoisotopic (exact) mass is 435 g/mol. The molecule has 1 heterocycles. The molecule has 3 fully saturated rings. The summed E-state index contributed by atoms with van der Waals surface area (Å²) in [6.45, 7) is 7.29. The number of carbonyl (C=O) groups is 4. The number of carbonyl (C=O) groups excluding carboxylic acids is 4. The molecule has 0 radical (unpaired) electrons. The quantitative estimate of drug-likeness (QED) is 0.392. The summed E-state index contributed by atoms with van der Waals surface area (Å²) >= 11 is 0. The van der Waals surface area contributed by atoms with E-state index in [-0.39, 0.29) is 29.2 Å². The van der Waals surface area contributed by atoms with E-state index in [1.165, 1.54) is 19.8 Å². The van der Waals surface area contributed by atoms with Crippen molar-refractivity contribution < 1.29 is 23.9 Å². The van der Waals surface area contributed by atoms with Crippen molar-refractivity contribution in [3.8, 4) is 0 Å². The zero-order valence-corrected chi connectivity index (χ0v) is 19.3. The van der Waals surface area contributed by atoms with Crippen LogP contribution in [-0.2, 0) is 19.1 Å². The average Bonchev–Trinajstić information content (AvgIpc) is 2.84. The summed E-state index contributed by atoms with van der Waals surface area (Å²) in [4.78, 5) is 51.5. The number of nitrogens with one attached hydrogen (secondary N) is 2. The standard InChI is InChI=1S/C23H37N3O5/c1-15-11-22(3,4)14-23(12-15)20(29)26(21(30)25-23)13-18(27)31-16(2)19(28)24-17-9-7-5-6-8-10-17/h15-17H,5-14H2,1-4H3,(H,24,28)(H,25,30)/t15-,16+,23+/m1/s1. The first-order valence-corrected chi connectivity index (χ1v) is 11.7. The molecule has 31 heavy (non-hydrogen) atoms. The molecular weight excluding hydrogens is 398 g/mol. The first-order chi connectivity index (χ1) is 14.5. The molecule has 1 aliphatic heterocycles. The van der Waals surface area contributed by atoms with Crippen LogP contribution in [0.2, 0.25) is 0 Å². The van der Waals surface area contributed by atoms with Gasteiger partial charge in [0.1, 0.15) is 12.1 Å². The molecule has 3 aliphatic rings. The molecule has 1 saturated heterocycles. The number of nitrogens with zero attached hydrogens (tertiary/aromatic N) is 1. The maximum absolute atomic E-state index is 13.1. The second kappa shape index (κ2) is 9.17. The molecule has 3 rings (SSSR count). The van der Waals surface area contributed by atoms with Crippen LogP contribution in [0.3, 0.4) is 0 Å². The fraction of sp³-hybridized carbons (Fsp3) is 0.826. The van der Waals surface area contributed by atoms with Crippen LogP contribution in [0.15, 0.2) is 0 Å². The zero-order chi connectivity index (χ0) is 22.8. The van der Waals surface area contributed by atoms with Gasteiger partial charge in [-0.2, -0.15) is 0 Å². The van der Waals surface area contributed by atoms with Gasteiger partial charge >= 0.3 is 12.0 Å². The lowest BCUT2D eigenvalue weighted by Gasteiger charge is -2.43. The third kappa shape index (κ3) is 5.57. The summed E-state index contributed by atoms with van der Waals surface area (Å²) in [5, 5.41) is 5.81. The summed E-state index contributed by atoms with van der Waals surface area (Å²) in [6.07, 6.45) is 7.52. The van der Waals surface area contributed by atoms with Gasteiger partial charge in [0, 0.05) is 6.04 Å². The Hall–Kier alpha value is -2.12. The van der Waals surface area contributed by atoms with Crippen LogP contribution in [0.1, 0.15) is 85.5 Å². The minimum Gasteiger partial charge on any atom is -0.451 e. The highest BCUT2D eigenvalue weighted by atomic mass is 16.5. The van der Waals surface area contributed by atoms with Gasteiger partial charge in [-0.1, -0.05) is 46.5 Å². The first kappa shape index (κ1) is 23.5. The van der Waals surface area contributed by atoms with E-state index in [9.17, 15) is 19.2 Å². The Balaban J connectivity index is 1.55. The second-order valence-corrected chi connectivity index (χ2v) is 10.6. The minimum absolute atomic E-state index is 0.0816. The van der Waals surface area contributed by atoms with E-state index in [1.807, 2.05) is 0 Å². The predicted molar refractivity (Wildman–Crippen MR) is 115 cm³/mol. The molecule has 174 valence electrons. The summed E-state index contributed by atoms with van der Waals surface area (Å²) < 4.78 is 5.26. The molecule has 2 N–H and O–H groups in total. The van der Waals surface area contributed by atoms with Gasteiger partial charge in [0.15, 0.2) is 6.10 Å². The van der Waals surface area contributed by atoms with Crippen LogP contribution in [0, 0.1) is 11.3 Å². The van der Waals surface area contributed by atoms with E-state index in [0.29, 0.717) is 12.8 Å². The largest absolute Gasteiger partial charge is 0.451 e. The maximum atomic E-state index is 13.1. The number of rotatable bonds is 5. The predicted octanol–water partition coefficient (Wildman–Crippen LogP) is 2.89. The van der Waals surface area contributed by atoms with Gasteiger partial charge in [-0.3, -0.25) is 19.3 Å². The summed E-state index contributed by atoms with van der Waals surface area (Å²) in [6, 6.07) is -0.457. The number of amides is 4. The van der Waals surface area contributed by atoms with E-state index in [2.05, 4.69) is 31.4 Å². The van der Waals surface area contributed by atoms with E-state index in [4.69, 9.17) is 4.74 Å². The van der Waals surface area contributed by atoms with Gasteiger partial charge < -0.3 is 15.4 Å². The molecule has 8 heteroatoms. The molecule has 0 unspecified atom stereocenters. The SMILES string of the molecule is C[C@@H]1CC(C)(C)C[C@]2(C1)NC(=O)N(CC(=O)O[C@@H](C)C(=O)NC1CCCCCC1)C2=O. The van der Waals surface area contributed by atoms with Crippen molar-refractivity contribution >= 4 is 23.8 Å². The maximum Gasteiger partial charge on any atom is 0.327 e. The molecule has 2 saturated carbocycles. The van der Waals surface area contributed by atoms with Crippen LogP contribution < -0.4 is 10.6 Å². The lowest BCUT2D eigenvalue weighted by Crippen LogP contribution is -2.54. The summed E-state index contributed by atoms with van der Waals surface area (Å²) in [5.74, 6) is -1.18. The van der Waals surface area contributed by atoms with Crippen molar-refractivity contribution in [1.29, 1.82) is 0 Å². The fourth-order valence-corrected chi connectivity index (χ4v) is 5.81. The van der Waals surface area contributed by atoms with Gasteiger partial charge in [-0.05, 0) is 50.4 Å². The third-order valence-corrected chi connectivity index (χ3v) is 6.79. The molecule has 4 amide bonds. The Morgan fingerprint density at radius 3 is 2.42 bits per heavy atom. The highest BCUT2D eigenvalue weighted by Crippen LogP contribution is 2.46. The number of esters is 1. The smallest absolute Gasteiger partial charge is 0.327 e. The van der Waals surface area contributed by atoms with Crippen LogP contribution >= 0.6 is 0 Å². The van der Waals surface area contributed by atoms with Crippen LogP contribution in [0.4, 0.5) is 4.79 Å². The van der Waals surface area contributed by atoms with E-state index >= 15 is 0 Å². The topological polar surface area (TPSA) is 105 Å². The van der Waals surface area contributed by atoms with Crippen molar-refractivity contribution in [1.82, 2.24) is 15.5 Å². The highest BCUT2D eigenvalue weighted by molar-refractivity contribution is 6.08. The van der Waals surface area contributed by atoms with Crippen molar-refractivity contribution in [2.24, 2.45) is 11.3 Å². The highest BCUT2D eigenvalue weighted by Gasteiger charge is 2.56. The molecule has 0 aromatic rings. The fourth-order valence-electron chi connectivity index (χ4n) is 5.81. The van der Waals surface area contributed by atoms with Crippen molar-refractivity contribution in [3.63, 3.8) is 0 Å². The van der Waals surface area contributed by atoms with E-state index in [0.717, 1.165) is 37.0 Å². The third-order valence-electron chi connectivity index (χ3n) is 6.79.